The Hall–Kier alpha value is -1.10. The Morgan fingerprint density at radius 3 is 2.72 bits per heavy atom. The second-order valence-corrected chi connectivity index (χ2v) is 6.20. The van der Waals surface area contributed by atoms with E-state index in [1.165, 1.54) is 0 Å². The molecule has 0 saturated heterocycles. The second-order valence-electron chi connectivity index (χ2n) is 5.76. The first kappa shape index (κ1) is 13.3. The minimum absolute atomic E-state index is 0.116. The van der Waals surface area contributed by atoms with Gasteiger partial charge in [-0.3, -0.25) is 9.13 Å². The van der Waals surface area contributed by atoms with Crippen molar-refractivity contribution in [3.63, 3.8) is 0 Å². The fourth-order valence-electron chi connectivity index (χ4n) is 2.04. The van der Waals surface area contributed by atoms with Crippen molar-refractivity contribution < 1.29 is 0 Å². The molecule has 1 heterocycles. The highest BCUT2D eigenvalue weighted by Gasteiger charge is 2.25. The van der Waals surface area contributed by atoms with Gasteiger partial charge in [0.1, 0.15) is 0 Å². The largest absolute Gasteiger partial charge is 0.393 e. The van der Waals surface area contributed by atoms with Gasteiger partial charge in [-0.05, 0) is 25.7 Å². The van der Waals surface area contributed by atoms with Crippen molar-refractivity contribution >= 4 is 17.2 Å². The Morgan fingerprint density at radius 2 is 2.17 bits per heavy atom. The van der Waals surface area contributed by atoms with Gasteiger partial charge in [-0.2, -0.15) is 0 Å². The normalized spacial score (nSPS) is 15.9. The molecule has 0 atom stereocenters. The summed E-state index contributed by atoms with van der Waals surface area (Å²) in [6, 6.07) is 0.451. The van der Waals surface area contributed by atoms with Crippen molar-refractivity contribution in [3.8, 4) is 0 Å². The summed E-state index contributed by atoms with van der Waals surface area (Å²) in [5.74, 6) is 0. The quantitative estimate of drug-likeness (QED) is 0.803. The van der Waals surface area contributed by atoms with Crippen molar-refractivity contribution in [2.75, 3.05) is 0 Å². The second kappa shape index (κ2) is 4.88. The van der Waals surface area contributed by atoms with E-state index in [9.17, 15) is 4.79 Å². The van der Waals surface area contributed by atoms with Crippen molar-refractivity contribution in [2.45, 2.75) is 52.1 Å². The highest BCUT2D eigenvalue weighted by atomic mass is 32.1. The molecule has 0 spiro atoms. The topological polar surface area (TPSA) is 53.0 Å². The number of hydrogen-bond acceptors (Lipinski definition) is 2. The van der Waals surface area contributed by atoms with Gasteiger partial charge in [0.15, 0.2) is 0 Å². The fraction of sp³-hybridized carbons (Fsp3) is 0.692. The molecule has 0 aliphatic heterocycles. The number of nitrogens with zero attached hydrogens (tertiary/aromatic N) is 2. The maximum absolute atomic E-state index is 12.0. The maximum atomic E-state index is 12.0. The Kier molecular flexibility index (Phi) is 3.61. The van der Waals surface area contributed by atoms with Gasteiger partial charge in [0.2, 0.25) is 0 Å². The lowest BCUT2D eigenvalue weighted by Crippen LogP contribution is -2.30. The summed E-state index contributed by atoms with van der Waals surface area (Å²) in [4.78, 5) is 12.6. The summed E-state index contributed by atoms with van der Waals surface area (Å²) >= 11 is 5.04. The first-order valence-electron chi connectivity index (χ1n) is 6.49. The van der Waals surface area contributed by atoms with Gasteiger partial charge >= 0.3 is 5.69 Å². The Bertz CT molecular complexity index is 497. The molecule has 1 saturated carbocycles. The lowest BCUT2D eigenvalue weighted by atomic mass is 9.88. The highest BCUT2D eigenvalue weighted by Crippen LogP contribution is 2.33. The summed E-state index contributed by atoms with van der Waals surface area (Å²) in [5.41, 5.74) is 5.68. The van der Waals surface area contributed by atoms with Gasteiger partial charge in [-0.25, -0.2) is 4.79 Å². The molecule has 0 amide bonds. The summed E-state index contributed by atoms with van der Waals surface area (Å²) in [6.07, 6.45) is 7.88. The molecule has 1 aliphatic rings. The van der Waals surface area contributed by atoms with Crippen LogP contribution in [-0.2, 0) is 6.54 Å². The van der Waals surface area contributed by atoms with E-state index in [4.69, 9.17) is 18.0 Å². The first-order valence-corrected chi connectivity index (χ1v) is 6.90. The average molecular weight is 267 g/mol. The number of thiocarbonyl (C=S) groups is 1. The molecule has 0 unspecified atom stereocenters. The van der Waals surface area contributed by atoms with E-state index in [0.29, 0.717) is 11.0 Å². The van der Waals surface area contributed by atoms with Crippen LogP contribution in [0.5, 0.6) is 0 Å². The summed E-state index contributed by atoms with van der Waals surface area (Å²) < 4.78 is 3.63. The third kappa shape index (κ3) is 2.83. The molecule has 0 radical (unpaired) electrons. The molecule has 1 aliphatic carbocycles. The van der Waals surface area contributed by atoms with Gasteiger partial charge < -0.3 is 5.73 Å². The monoisotopic (exact) mass is 267 g/mol. The van der Waals surface area contributed by atoms with Crippen LogP contribution in [0.2, 0.25) is 0 Å². The lowest BCUT2D eigenvalue weighted by molar-refractivity contribution is 0.432. The van der Waals surface area contributed by atoms with Crippen LogP contribution in [0.15, 0.2) is 17.2 Å². The molecule has 1 aromatic rings. The molecule has 0 bridgehead atoms. The average Bonchev–Trinajstić information content (AvgIpc) is 3.05. The molecule has 4 nitrogen and oxygen atoms in total. The Labute approximate surface area is 113 Å². The molecular weight excluding hydrogens is 246 g/mol. The fourth-order valence-corrected chi connectivity index (χ4v) is 2.15. The van der Waals surface area contributed by atoms with Crippen molar-refractivity contribution in [3.05, 3.63) is 22.9 Å². The Balaban J connectivity index is 1.91. The highest BCUT2D eigenvalue weighted by molar-refractivity contribution is 7.80. The molecule has 5 heteroatoms. The van der Waals surface area contributed by atoms with Crippen LogP contribution in [0, 0.1) is 5.41 Å². The number of rotatable bonds is 6. The third-order valence-electron chi connectivity index (χ3n) is 3.68. The maximum Gasteiger partial charge on any atom is 0.328 e. The zero-order valence-electron chi connectivity index (χ0n) is 11.1. The van der Waals surface area contributed by atoms with E-state index >= 15 is 0 Å². The third-order valence-corrected chi connectivity index (χ3v) is 4.23. The number of hydrogen-bond donors (Lipinski definition) is 1. The van der Waals surface area contributed by atoms with Gasteiger partial charge in [-0.15, -0.1) is 0 Å². The Morgan fingerprint density at radius 1 is 1.50 bits per heavy atom. The first-order chi connectivity index (χ1) is 8.42. The zero-order chi connectivity index (χ0) is 13.3. The zero-order valence-corrected chi connectivity index (χ0v) is 11.9. The smallest absolute Gasteiger partial charge is 0.328 e. The van der Waals surface area contributed by atoms with E-state index in [0.717, 1.165) is 32.2 Å². The number of aromatic nitrogens is 2. The molecule has 0 aromatic carbocycles. The van der Waals surface area contributed by atoms with E-state index < -0.39 is 0 Å². The van der Waals surface area contributed by atoms with Crippen molar-refractivity contribution in [1.82, 2.24) is 9.13 Å². The van der Waals surface area contributed by atoms with Crippen molar-refractivity contribution in [1.29, 1.82) is 0 Å². The molecular formula is C13H21N3OS. The molecule has 1 aromatic heterocycles. The summed E-state index contributed by atoms with van der Waals surface area (Å²) in [5, 5.41) is 0. The van der Waals surface area contributed by atoms with Gasteiger partial charge in [0, 0.05) is 30.4 Å². The number of aryl methyl sites for hydroxylation is 1. The standard InChI is InChI=1S/C13H21N3OS/c1-13(2,11(14)18)6-3-7-15-8-9-16(12(15)17)10-4-5-10/h8-10H,3-7H2,1-2H3,(H2,14,18). The predicted octanol–water partition coefficient (Wildman–Crippen LogP) is 2.08. The molecule has 2 rings (SSSR count). The van der Waals surface area contributed by atoms with Crippen LogP contribution in [-0.4, -0.2) is 14.1 Å². The lowest BCUT2D eigenvalue weighted by Gasteiger charge is -2.22. The minimum atomic E-state index is -0.127. The number of imidazole rings is 1. The van der Waals surface area contributed by atoms with Crippen LogP contribution >= 0.6 is 12.2 Å². The van der Waals surface area contributed by atoms with Crippen LogP contribution in [0.25, 0.3) is 0 Å². The summed E-state index contributed by atoms with van der Waals surface area (Å²) in [6.45, 7) is 4.84. The van der Waals surface area contributed by atoms with Crippen LogP contribution in [0.1, 0.15) is 45.6 Å². The molecule has 1 fully saturated rings. The van der Waals surface area contributed by atoms with E-state index in [1.54, 1.807) is 4.57 Å². The van der Waals surface area contributed by atoms with Gasteiger partial charge in [-0.1, -0.05) is 26.1 Å². The number of nitrogens with two attached hydrogens (primary N) is 1. The SMILES string of the molecule is CC(C)(CCCn1ccn(C2CC2)c1=O)C(N)=S. The van der Waals surface area contributed by atoms with E-state index in [-0.39, 0.29) is 11.1 Å². The van der Waals surface area contributed by atoms with Gasteiger partial charge in [0.25, 0.3) is 0 Å². The summed E-state index contributed by atoms with van der Waals surface area (Å²) in [7, 11) is 0. The molecule has 100 valence electrons. The van der Waals surface area contributed by atoms with Crippen LogP contribution < -0.4 is 11.4 Å². The van der Waals surface area contributed by atoms with Crippen LogP contribution in [0.3, 0.4) is 0 Å². The van der Waals surface area contributed by atoms with Gasteiger partial charge in [0.05, 0.1) is 4.99 Å². The molecule has 2 N–H and O–H groups in total. The minimum Gasteiger partial charge on any atom is -0.393 e. The molecule has 18 heavy (non-hydrogen) atoms. The van der Waals surface area contributed by atoms with E-state index in [2.05, 4.69) is 0 Å². The predicted molar refractivity (Wildman–Crippen MR) is 76.8 cm³/mol. The van der Waals surface area contributed by atoms with Crippen molar-refractivity contribution in [2.24, 2.45) is 11.1 Å². The van der Waals surface area contributed by atoms with E-state index in [1.807, 2.05) is 30.8 Å². The van der Waals surface area contributed by atoms with Crippen LogP contribution in [0.4, 0.5) is 0 Å².